The van der Waals surface area contributed by atoms with Gasteiger partial charge in [-0.15, -0.1) is 0 Å². The Morgan fingerprint density at radius 2 is 1.63 bits per heavy atom. The molecule has 0 aliphatic rings. The highest BCUT2D eigenvalue weighted by Gasteiger charge is 2.22. The van der Waals surface area contributed by atoms with Crippen molar-refractivity contribution in [2.45, 2.75) is 37.8 Å². The topological polar surface area (TPSA) is 61.8 Å². The van der Waals surface area contributed by atoms with Crippen molar-refractivity contribution >= 4 is 15.8 Å². The quantitative estimate of drug-likeness (QED) is 0.557. The van der Waals surface area contributed by atoms with Crippen LogP contribution in [0.5, 0.6) is 0 Å². The standard InChI is InChI=1S/C21H29N3O2S/c1-4-19(17-27(25,26)20-14-10-7-11-15-20)23-21(22-5-2)24(3)16-18-12-8-6-9-13-18/h6-15,19H,4-5,16-17H2,1-3H3,(H,22,23). The Bertz CT molecular complexity index is 821. The Balaban J connectivity index is 2.10. The molecule has 0 fully saturated rings. The Hall–Kier alpha value is -2.34. The average Bonchev–Trinajstić information content (AvgIpc) is 2.68. The summed E-state index contributed by atoms with van der Waals surface area (Å²) in [5.74, 6) is 0.756. The van der Waals surface area contributed by atoms with E-state index in [1.165, 1.54) is 5.56 Å². The largest absolute Gasteiger partial charge is 0.352 e. The Kier molecular flexibility index (Phi) is 7.85. The molecule has 0 spiro atoms. The summed E-state index contributed by atoms with van der Waals surface area (Å²) in [5, 5.41) is 3.35. The summed E-state index contributed by atoms with van der Waals surface area (Å²) < 4.78 is 25.4. The van der Waals surface area contributed by atoms with Gasteiger partial charge in [0.05, 0.1) is 10.6 Å². The van der Waals surface area contributed by atoms with Crippen molar-refractivity contribution < 1.29 is 8.42 Å². The first-order chi connectivity index (χ1) is 13.0. The van der Waals surface area contributed by atoms with E-state index < -0.39 is 9.84 Å². The molecule has 2 aromatic rings. The van der Waals surface area contributed by atoms with E-state index in [1.54, 1.807) is 24.3 Å². The van der Waals surface area contributed by atoms with Crippen LogP contribution >= 0.6 is 0 Å². The van der Waals surface area contributed by atoms with E-state index in [9.17, 15) is 8.42 Å². The molecular formula is C21H29N3O2S. The molecular weight excluding hydrogens is 358 g/mol. The van der Waals surface area contributed by atoms with Crippen molar-refractivity contribution in [2.75, 3.05) is 19.3 Å². The highest BCUT2D eigenvalue weighted by molar-refractivity contribution is 7.91. The van der Waals surface area contributed by atoms with Gasteiger partial charge in [-0.25, -0.2) is 8.42 Å². The second kappa shape index (κ2) is 10.1. The summed E-state index contributed by atoms with van der Waals surface area (Å²) in [6.45, 7) is 5.29. The predicted molar refractivity (Wildman–Crippen MR) is 112 cm³/mol. The maximum Gasteiger partial charge on any atom is 0.194 e. The van der Waals surface area contributed by atoms with Gasteiger partial charge in [-0.1, -0.05) is 55.5 Å². The van der Waals surface area contributed by atoms with Crippen LogP contribution in [0.1, 0.15) is 25.8 Å². The number of nitrogens with one attached hydrogen (secondary N) is 1. The zero-order chi connectivity index (χ0) is 19.7. The number of hydrogen-bond donors (Lipinski definition) is 1. The molecule has 1 unspecified atom stereocenters. The van der Waals surface area contributed by atoms with Crippen molar-refractivity contribution in [1.82, 2.24) is 10.2 Å². The smallest absolute Gasteiger partial charge is 0.194 e. The van der Waals surface area contributed by atoms with Gasteiger partial charge in [-0.05, 0) is 31.0 Å². The number of hydrogen-bond acceptors (Lipinski definition) is 3. The number of benzene rings is 2. The Labute approximate surface area is 163 Å². The van der Waals surface area contributed by atoms with Gasteiger partial charge in [0, 0.05) is 26.2 Å². The van der Waals surface area contributed by atoms with E-state index in [0.29, 0.717) is 24.4 Å². The van der Waals surface area contributed by atoms with Crippen molar-refractivity contribution in [1.29, 1.82) is 0 Å². The number of guanidine groups is 1. The van der Waals surface area contributed by atoms with Crippen LogP contribution in [0.4, 0.5) is 0 Å². The monoisotopic (exact) mass is 387 g/mol. The molecule has 0 heterocycles. The SMILES string of the molecule is CCN=C(NC(CC)CS(=O)(=O)c1ccccc1)N(C)Cc1ccccc1. The van der Waals surface area contributed by atoms with Gasteiger partial charge in [-0.3, -0.25) is 4.99 Å². The van der Waals surface area contributed by atoms with Crippen molar-refractivity contribution in [2.24, 2.45) is 4.99 Å². The molecule has 146 valence electrons. The minimum atomic E-state index is -3.35. The van der Waals surface area contributed by atoms with E-state index in [4.69, 9.17) is 0 Å². The first kappa shape index (κ1) is 21.0. The van der Waals surface area contributed by atoms with Crippen LogP contribution in [-0.4, -0.2) is 44.7 Å². The fourth-order valence-corrected chi connectivity index (χ4v) is 4.40. The summed E-state index contributed by atoms with van der Waals surface area (Å²) in [5.41, 5.74) is 1.18. The van der Waals surface area contributed by atoms with E-state index >= 15 is 0 Å². The summed E-state index contributed by atoms with van der Waals surface area (Å²) >= 11 is 0. The molecule has 0 radical (unpaired) electrons. The van der Waals surface area contributed by atoms with E-state index in [-0.39, 0.29) is 11.8 Å². The highest BCUT2D eigenvalue weighted by atomic mass is 32.2. The Morgan fingerprint density at radius 3 is 2.19 bits per heavy atom. The van der Waals surface area contributed by atoms with Crippen molar-refractivity contribution in [3.05, 3.63) is 66.2 Å². The van der Waals surface area contributed by atoms with Crippen LogP contribution in [-0.2, 0) is 16.4 Å². The number of nitrogens with zero attached hydrogens (tertiary/aromatic N) is 2. The molecule has 0 saturated carbocycles. The van der Waals surface area contributed by atoms with E-state index in [2.05, 4.69) is 22.4 Å². The molecule has 0 aromatic heterocycles. The van der Waals surface area contributed by atoms with Gasteiger partial charge in [0.25, 0.3) is 0 Å². The number of sulfone groups is 1. The minimum Gasteiger partial charge on any atom is -0.352 e. The molecule has 27 heavy (non-hydrogen) atoms. The first-order valence-electron chi connectivity index (χ1n) is 9.30. The molecule has 0 saturated heterocycles. The lowest BCUT2D eigenvalue weighted by atomic mass is 10.2. The normalized spacial score (nSPS) is 13.2. The molecule has 0 bridgehead atoms. The molecule has 1 atom stereocenters. The first-order valence-corrected chi connectivity index (χ1v) is 10.9. The van der Waals surface area contributed by atoms with Gasteiger partial charge in [0.1, 0.15) is 0 Å². The fraction of sp³-hybridized carbons (Fsp3) is 0.381. The molecule has 6 heteroatoms. The third-order valence-electron chi connectivity index (χ3n) is 4.28. The van der Waals surface area contributed by atoms with Crippen LogP contribution in [0.2, 0.25) is 0 Å². The molecule has 1 N–H and O–H groups in total. The highest BCUT2D eigenvalue weighted by Crippen LogP contribution is 2.13. The van der Waals surface area contributed by atoms with Crippen molar-refractivity contribution in [3.63, 3.8) is 0 Å². The third kappa shape index (κ3) is 6.40. The number of aliphatic imine (C=N–C) groups is 1. The summed E-state index contributed by atoms with van der Waals surface area (Å²) in [6, 6.07) is 18.5. The van der Waals surface area contributed by atoms with Crippen LogP contribution in [0.15, 0.2) is 70.6 Å². The third-order valence-corrected chi connectivity index (χ3v) is 6.11. The van der Waals surface area contributed by atoms with Crippen molar-refractivity contribution in [3.8, 4) is 0 Å². The summed E-state index contributed by atoms with van der Waals surface area (Å²) in [4.78, 5) is 6.93. The van der Waals surface area contributed by atoms with E-state index in [1.807, 2.05) is 50.1 Å². The minimum absolute atomic E-state index is 0.0371. The predicted octanol–water partition coefficient (Wildman–Crippen LogP) is 3.34. The summed E-state index contributed by atoms with van der Waals surface area (Å²) in [6.07, 6.45) is 0.688. The summed E-state index contributed by atoms with van der Waals surface area (Å²) in [7, 11) is -1.39. The number of rotatable bonds is 8. The van der Waals surface area contributed by atoms with Gasteiger partial charge in [-0.2, -0.15) is 0 Å². The molecule has 0 aliphatic heterocycles. The maximum absolute atomic E-state index is 12.7. The van der Waals surface area contributed by atoms with Gasteiger partial charge in [0.2, 0.25) is 0 Å². The lowest BCUT2D eigenvalue weighted by molar-refractivity contribution is 0.459. The average molecular weight is 388 g/mol. The van der Waals surface area contributed by atoms with Gasteiger partial charge in [0.15, 0.2) is 15.8 Å². The second-order valence-electron chi connectivity index (χ2n) is 6.48. The van der Waals surface area contributed by atoms with Gasteiger partial charge >= 0.3 is 0 Å². The zero-order valence-electron chi connectivity index (χ0n) is 16.3. The molecule has 0 aliphatic carbocycles. The molecule has 2 aromatic carbocycles. The molecule has 5 nitrogen and oxygen atoms in total. The van der Waals surface area contributed by atoms with Crippen LogP contribution < -0.4 is 5.32 Å². The Morgan fingerprint density at radius 1 is 1.04 bits per heavy atom. The van der Waals surface area contributed by atoms with E-state index in [0.717, 1.165) is 5.96 Å². The second-order valence-corrected chi connectivity index (χ2v) is 8.52. The van der Waals surface area contributed by atoms with Crippen LogP contribution in [0.3, 0.4) is 0 Å². The zero-order valence-corrected chi connectivity index (χ0v) is 17.1. The van der Waals surface area contributed by atoms with Crippen LogP contribution in [0.25, 0.3) is 0 Å². The van der Waals surface area contributed by atoms with Crippen LogP contribution in [0, 0.1) is 0 Å². The molecule has 2 rings (SSSR count). The molecule has 0 amide bonds. The fourth-order valence-electron chi connectivity index (χ4n) is 2.79. The maximum atomic E-state index is 12.7. The lowest BCUT2D eigenvalue weighted by Gasteiger charge is -2.27. The lowest BCUT2D eigenvalue weighted by Crippen LogP contribution is -2.46. The van der Waals surface area contributed by atoms with Gasteiger partial charge < -0.3 is 10.2 Å².